The zero-order valence-corrected chi connectivity index (χ0v) is 24.5. The van der Waals surface area contributed by atoms with Crippen LogP contribution < -0.4 is 10.2 Å². The van der Waals surface area contributed by atoms with Gasteiger partial charge in [0.1, 0.15) is 12.4 Å². The van der Waals surface area contributed by atoms with Crippen molar-refractivity contribution in [2.24, 2.45) is 0 Å². The molecular formula is C33H28ClN5O2S. The van der Waals surface area contributed by atoms with Crippen LogP contribution in [0.1, 0.15) is 27.6 Å². The van der Waals surface area contributed by atoms with Gasteiger partial charge in [0.25, 0.3) is 0 Å². The van der Waals surface area contributed by atoms with Gasteiger partial charge >= 0.3 is 0 Å². The first-order valence-corrected chi connectivity index (χ1v) is 15.0. The minimum atomic E-state index is -0.288. The van der Waals surface area contributed by atoms with Crippen molar-refractivity contribution in [3.8, 4) is 16.9 Å². The van der Waals surface area contributed by atoms with Crippen molar-refractivity contribution in [3.63, 3.8) is 0 Å². The molecule has 5 aromatic rings. The van der Waals surface area contributed by atoms with E-state index < -0.39 is 0 Å². The second-order valence-corrected chi connectivity index (χ2v) is 11.6. The molecule has 9 heteroatoms. The Bertz CT molecular complexity index is 1730. The first-order valence-electron chi connectivity index (χ1n) is 13.6. The second-order valence-electron chi connectivity index (χ2n) is 10.0. The Morgan fingerprint density at radius 1 is 1.00 bits per heavy atom. The molecule has 0 radical (unpaired) electrons. The van der Waals surface area contributed by atoms with Crippen LogP contribution in [-0.2, 0) is 16.1 Å². The number of carbonyl (C=O) groups excluding carboxylic acids is 2. The minimum absolute atomic E-state index is 0.159. The SMILES string of the molecule is Cc1ccc(-n2nc(-c3ccccc3)c3c2N(CC(=O)NCc2ccccn2)C(=O)CS[C@@H]3c2cccc(Cl)c2)cc1. The number of hydrogen-bond donors (Lipinski definition) is 1. The lowest BCUT2D eigenvalue weighted by molar-refractivity contribution is -0.123. The summed E-state index contributed by atoms with van der Waals surface area (Å²) in [6.45, 7) is 2.13. The topological polar surface area (TPSA) is 80.1 Å². The molecule has 1 N–H and O–H groups in total. The number of rotatable bonds is 7. The molecule has 42 heavy (non-hydrogen) atoms. The predicted molar refractivity (Wildman–Crippen MR) is 168 cm³/mol. The molecule has 0 unspecified atom stereocenters. The lowest BCUT2D eigenvalue weighted by Gasteiger charge is -2.23. The van der Waals surface area contributed by atoms with Gasteiger partial charge in [0.15, 0.2) is 0 Å². The van der Waals surface area contributed by atoms with E-state index in [0.29, 0.717) is 10.8 Å². The standard InChI is InChI=1S/C33H28ClN5O2S/c1-22-13-15-27(16-14-22)39-33-30(31(37-39)23-8-3-2-4-9-23)32(24-10-7-11-25(34)18-24)42-21-29(41)38(33)20-28(40)36-19-26-12-5-6-17-35-26/h2-18,32H,19-21H2,1H3,(H,36,40)/t32-/m1/s1. The van der Waals surface area contributed by atoms with Gasteiger partial charge < -0.3 is 5.32 Å². The van der Waals surface area contributed by atoms with Crippen LogP contribution in [0.5, 0.6) is 0 Å². The third-order valence-corrected chi connectivity index (χ3v) is 8.55. The molecule has 0 spiro atoms. The van der Waals surface area contributed by atoms with Gasteiger partial charge in [-0.1, -0.05) is 77.8 Å². The summed E-state index contributed by atoms with van der Waals surface area (Å²) < 4.78 is 1.80. The lowest BCUT2D eigenvalue weighted by atomic mass is 9.99. The average molecular weight is 594 g/mol. The summed E-state index contributed by atoms with van der Waals surface area (Å²) in [6, 6.07) is 31.2. The normalized spacial score (nSPS) is 14.8. The van der Waals surface area contributed by atoms with Crippen molar-refractivity contribution in [1.29, 1.82) is 0 Å². The van der Waals surface area contributed by atoms with Crippen molar-refractivity contribution < 1.29 is 9.59 Å². The molecule has 2 aromatic heterocycles. The van der Waals surface area contributed by atoms with E-state index in [2.05, 4.69) is 10.3 Å². The number of anilines is 1. The van der Waals surface area contributed by atoms with Crippen LogP contribution in [0.25, 0.3) is 16.9 Å². The summed E-state index contributed by atoms with van der Waals surface area (Å²) in [6.07, 6.45) is 1.69. The van der Waals surface area contributed by atoms with Gasteiger partial charge in [0.05, 0.1) is 34.6 Å². The van der Waals surface area contributed by atoms with E-state index in [4.69, 9.17) is 16.7 Å². The zero-order valence-electron chi connectivity index (χ0n) is 22.9. The number of thioether (sulfide) groups is 1. The number of halogens is 1. The number of carbonyl (C=O) groups is 2. The second kappa shape index (κ2) is 12.2. The summed E-state index contributed by atoms with van der Waals surface area (Å²) in [4.78, 5) is 33.0. The smallest absolute Gasteiger partial charge is 0.240 e. The monoisotopic (exact) mass is 593 g/mol. The molecular weight excluding hydrogens is 566 g/mol. The van der Waals surface area contributed by atoms with E-state index in [1.807, 2.05) is 104 Å². The van der Waals surface area contributed by atoms with Crippen LogP contribution in [0.15, 0.2) is 103 Å². The molecule has 6 rings (SSSR count). The first kappa shape index (κ1) is 27.8. The maximum atomic E-state index is 13.9. The highest BCUT2D eigenvalue weighted by Gasteiger charge is 2.37. The quantitative estimate of drug-likeness (QED) is 0.237. The van der Waals surface area contributed by atoms with Crippen LogP contribution in [0.2, 0.25) is 5.02 Å². The number of nitrogens with zero attached hydrogens (tertiary/aromatic N) is 4. The van der Waals surface area contributed by atoms with E-state index in [1.54, 1.807) is 15.8 Å². The number of pyridine rings is 1. The Morgan fingerprint density at radius 2 is 1.79 bits per heavy atom. The maximum Gasteiger partial charge on any atom is 0.240 e. The highest BCUT2D eigenvalue weighted by molar-refractivity contribution is 8.00. The number of fused-ring (bicyclic) bond motifs is 1. The Hall–Kier alpha value is -4.40. The molecule has 1 aliphatic rings. The molecule has 1 atom stereocenters. The van der Waals surface area contributed by atoms with Gasteiger partial charge in [0.2, 0.25) is 11.8 Å². The van der Waals surface area contributed by atoms with E-state index >= 15 is 0 Å². The van der Waals surface area contributed by atoms with Gasteiger partial charge in [-0.15, -0.1) is 11.8 Å². The highest BCUT2D eigenvalue weighted by atomic mass is 35.5. The maximum absolute atomic E-state index is 13.9. The van der Waals surface area contributed by atoms with Gasteiger partial charge in [-0.05, 0) is 48.9 Å². The zero-order chi connectivity index (χ0) is 29.1. The molecule has 1 aliphatic heterocycles. The molecule has 3 heterocycles. The van der Waals surface area contributed by atoms with Crippen molar-refractivity contribution >= 4 is 41.0 Å². The van der Waals surface area contributed by atoms with E-state index in [1.165, 1.54) is 11.8 Å². The van der Waals surface area contributed by atoms with Crippen LogP contribution in [-0.4, -0.2) is 38.9 Å². The number of amides is 2. The van der Waals surface area contributed by atoms with Crippen molar-refractivity contribution in [1.82, 2.24) is 20.1 Å². The Labute approximate surface area is 253 Å². The largest absolute Gasteiger partial charge is 0.349 e. The molecule has 0 saturated carbocycles. The van der Waals surface area contributed by atoms with Gasteiger partial charge in [0, 0.05) is 22.3 Å². The number of benzene rings is 3. The van der Waals surface area contributed by atoms with Crippen molar-refractivity contribution in [2.75, 3.05) is 17.2 Å². The summed E-state index contributed by atoms with van der Waals surface area (Å²) in [5.74, 6) is 0.294. The third kappa shape index (κ3) is 5.82. The molecule has 0 fully saturated rings. The Kier molecular flexibility index (Phi) is 8.08. The van der Waals surface area contributed by atoms with Gasteiger partial charge in [-0.2, -0.15) is 5.10 Å². The van der Waals surface area contributed by atoms with E-state index in [-0.39, 0.29) is 35.9 Å². The Morgan fingerprint density at radius 3 is 2.52 bits per heavy atom. The predicted octanol–water partition coefficient (Wildman–Crippen LogP) is 6.38. The molecule has 3 aromatic carbocycles. The minimum Gasteiger partial charge on any atom is -0.349 e. The Balaban J connectivity index is 1.52. The summed E-state index contributed by atoms with van der Waals surface area (Å²) in [5.41, 5.74) is 6.12. The third-order valence-electron chi connectivity index (χ3n) is 7.06. The first-order chi connectivity index (χ1) is 20.5. The lowest BCUT2D eigenvalue weighted by Crippen LogP contribution is -2.42. The summed E-state index contributed by atoms with van der Waals surface area (Å²) >= 11 is 7.96. The van der Waals surface area contributed by atoms with Crippen LogP contribution in [0.3, 0.4) is 0 Å². The fourth-order valence-electron chi connectivity index (χ4n) is 5.02. The van der Waals surface area contributed by atoms with Crippen LogP contribution in [0.4, 0.5) is 5.82 Å². The average Bonchev–Trinajstić information content (AvgIpc) is 3.33. The summed E-state index contributed by atoms with van der Waals surface area (Å²) in [7, 11) is 0. The molecule has 0 aliphatic carbocycles. The molecule has 0 bridgehead atoms. The molecule has 0 saturated heterocycles. The van der Waals surface area contributed by atoms with Crippen molar-refractivity contribution in [3.05, 3.63) is 131 Å². The fourth-order valence-corrected chi connectivity index (χ4v) is 6.41. The summed E-state index contributed by atoms with van der Waals surface area (Å²) in [5, 5.41) is 8.41. The molecule has 2 amide bonds. The number of aryl methyl sites for hydroxylation is 1. The number of nitrogens with one attached hydrogen (secondary N) is 1. The fraction of sp³-hybridized carbons (Fsp3) is 0.152. The van der Waals surface area contributed by atoms with Crippen molar-refractivity contribution in [2.45, 2.75) is 18.7 Å². The number of aromatic nitrogens is 3. The van der Waals surface area contributed by atoms with E-state index in [0.717, 1.165) is 39.3 Å². The van der Waals surface area contributed by atoms with Crippen LogP contribution >= 0.6 is 23.4 Å². The van der Waals surface area contributed by atoms with Gasteiger partial charge in [-0.3, -0.25) is 19.5 Å². The van der Waals surface area contributed by atoms with Gasteiger partial charge in [-0.25, -0.2) is 4.68 Å². The molecule has 7 nitrogen and oxygen atoms in total. The number of hydrogen-bond acceptors (Lipinski definition) is 5. The van der Waals surface area contributed by atoms with E-state index in [9.17, 15) is 9.59 Å². The highest BCUT2D eigenvalue weighted by Crippen LogP contribution is 2.48. The molecule has 210 valence electrons. The van der Waals surface area contributed by atoms with Crippen LogP contribution in [0, 0.1) is 6.92 Å².